The van der Waals surface area contributed by atoms with Gasteiger partial charge in [-0.05, 0) is 31.0 Å². The number of carbonyl (C=O) groups is 2. The lowest BCUT2D eigenvalue weighted by Gasteiger charge is -2.27. The second kappa shape index (κ2) is 6.22. The first-order valence-corrected chi connectivity index (χ1v) is 6.85. The van der Waals surface area contributed by atoms with Gasteiger partial charge in [0, 0.05) is 0 Å². The van der Waals surface area contributed by atoms with Crippen LogP contribution in [0.4, 0.5) is 10.1 Å². The van der Waals surface area contributed by atoms with Crippen LogP contribution in [0.2, 0.25) is 5.02 Å². The largest absolute Gasteiger partial charge is 0.481 e. The van der Waals surface area contributed by atoms with Crippen LogP contribution < -0.4 is 5.32 Å². The molecule has 0 unspecified atom stereocenters. The summed E-state index contributed by atoms with van der Waals surface area (Å²) in [5, 5.41) is 11.9. The van der Waals surface area contributed by atoms with Crippen molar-refractivity contribution in [2.45, 2.75) is 25.7 Å². The Bertz CT molecular complexity index is 535. The zero-order valence-corrected chi connectivity index (χ0v) is 11.5. The molecule has 0 heterocycles. The van der Waals surface area contributed by atoms with Crippen LogP contribution in [-0.2, 0) is 9.59 Å². The average molecular weight is 300 g/mol. The van der Waals surface area contributed by atoms with Crippen LogP contribution in [0.15, 0.2) is 18.2 Å². The smallest absolute Gasteiger partial charge is 0.307 e. The van der Waals surface area contributed by atoms with Gasteiger partial charge in [-0.25, -0.2) is 4.39 Å². The van der Waals surface area contributed by atoms with Crippen molar-refractivity contribution in [1.29, 1.82) is 0 Å². The Morgan fingerprint density at radius 1 is 1.25 bits per heavy atom. The van der Waals surface area contributed by atoms with Crippen LogP contribution >= 0.6 is 11.6 Å². The van der Waals surface area contributed by atoms with E-state index in [9.17, 15) is 14.0 Å². The zero-order valence-electron chi connectivity index (χ0n) is 10.7. The van der Waals surface area contributed by atoms with Crippen LogP contribution in [0.5, 0.6) is 0 Å². The Labute approximate surface area is 120 Å². The van der Waals surface area contributed by atoms with Gasteiger partial charge in [0.1, 0.15) is 5.82 Å². The first kappa shape index (κ1) is 14.8. The number of hydrogen-bond acceptors (Lipinski definition) is 2. The molecule has 0 spiro atoms. The van der Waals surface area contributed by atoms with Gasteiger partial charge in [0.2, 0.25) is 5.91 Å². The number of carboxylic acids is 1. The number of anilines is 1. The number of halogens is 2. The molecule has 4 nitrogen and oxygen atoms in total. The fourth-order valence-electron chi connectivity index (χ4n) is 2.56. The summed E-state index contributed by atoms with van der Waals surface area (Å²) in [4.78, 5) is 23.4. The van der Waals surface area contributed by atoms with Crippen LogP contribution in [-0.4, -0.2) is 17.0 Å². The van der Waals surface area contributed by atoms with E-state index >= 15 is 0 Å². The number of benzene rings is 1. The predicted octanol–water partition coefficient (Wildman–Crippen LogP) is 3.31. The molecule has 1 saturated carbocycles. The predicted molar refractivity (Wildman–Crippen MR) is 73.1 cm³/mol. The van der Waals surface area contributed by atoms with E-state index in [1.165, 1.54) is 12.1 Å². The summed E-state index contributed by atoms with van der Waals surface area (Å²) in [6.07, 6.45) is 2.64. The highest BCUT2D eigenvalue weighted by Crippen LogP contribution is 2.32. The molecule has 1 aromatic rings. The van der Waals surface area contributed by atoms with E-state index in [0.717, 1.165) is 18.9 Å². The molecular weight excluding hydrogens is 285 g/mol. The van der Waals surface area contributed by atoms with E-state index in [2.05, 4.69) is 5.32 Å². The summed E-state index contributed by atoms with van der Waals surface area (Å²) in [6.45, 7) is 0. The topological polar surface area (TPSA) is 66.4 Å². The normalized spacial score (nSPS) is 22.3. The van der Waals surface area contributed by atoms with Crippen molar-refractivity contribution < 1.29 is 19.1 Å². The Balaban J connectivity index is 2.14. The zero-order chi connectivity index (χ0) is 14.7. The number of rotatable bonds is 3. The minimum absolute atomic E-state index is 0.173. The molecule has 1 fully saturated rings. The monoisotopic (exact) mass is 299 g/mol. The Morgan fingerprint density at radius 3 is 2.55 bits per heavy atom. The second-order valence-electron chi connectivity index (χ2n) is 4.95. The van der Waals surface area contributed by atoms with Gasteiger partial charge in [0.05, 0.1) is 22.5 Å². The van der Waals surface area contributed by atoms with Gasteiger partial charge in [-0.15, -0.1) is 0 Å². The molecule has 0 saturated heterocycles. The van der Waals surface area contributed by atoms with Gasteiger partial charge >= 0.3 is 5.97 Å². The van der Waals surface area contributed by atoms with E-state index in [1.54, 1.807) is 0 Å². The SMILES string of the molecule is O=C(O)[C@H]1CCCC[C@H]1C(=O)Nc1cc(F)ccc1Cl. The number of carboxylic acid groups (broad SMARTS) is 1. The molecule has 20 heavy (non-hydrogen) atoms. The van der Waals surface area contributed by atoms with Crippen molar-refractivity contribution >= 4 is 29.2 Å². The van der Waals surface area contributed by atoms with Crippen LogP contribution in [0.25, 0.3) is 0 Å². The lowest BCUT2D eigenvalue weighted by atomic mass is 9.78. The molecule has 2 rings (SSSR count). The van der Waals surface area contributed by atoms with Crippen LogP contribution in [0, 0.1) is 17.7 Å². The lowest BCUT2D eigenvalue weighted by molar-refractivity contribution is -0.147. The van der Waals surface area contributed by atoms with Gasteiger partial charge in [0.25, 0.3) is 0 Å². The molecule has 6 heteroatoms. The third-order valence-electron chi connectivity index (χ3n) is 3.61. The lowest BCUT2D eigenvalue weighted by Crippen LogP contribution is -2.36. The van der Waals surface area contributed by atoms with Crippen molar-refractivity contribution in [2.75, 3.05) is 5.32 Å². The van der Waals surface area contributed by atoms with Crippen molar-refractivity contribution in [3.63, 3.8) is 0 Å². The number of aliphatic carboxylic acids is 1. The molecule has 0 aliphatic heterocycles. The van der Waals surface area contributed by atoms with Gasteiger partial charge in [0.15, 0.2) is 0 Å². The molecule has 0 radical (unpaired) electrons. The molecule has 2 atom stereocenters. The van der Waals surface area contributed by atoms with E-state index in [0.29, 0.717) is 12.8 Å². The molecule has 0 aromatic heterocycles. The summed E-state index contributed by atoms with van der Waals surface area (Å²) in [6, 6.07) is 3.67. The Kier molecular flexibility index (Phi) is 4.60. The van der Waals surface area contributed by atoms with Crippen molar-refractivity contribution in [3.05, 3.63) is 29.0 Å². The van der Waals surface area contributed by atoms with Gasteiger partial charge in [-0.2, -0.15) is 0 Å². The number of amides is 1. The molecule has 1 aliphatic carbocycles. The third-order valence-corrected chi connectivity index (χ3v) is 3.94. The van der Waals surface area contributed by atoms with Crippen molar-refractivity contribution in [3.8, 4) is 0 Å². The molecule has 1 aromatic carbocycles. The molecule has 2 N–H and O–H groups in total. The summed E-state index contributed by atoms with van der Waals surface area (Å²) in [7, 11) is 0. The van der Waals surface area contributed by atoms with E-state index in [1.807, 2.05) is 0 Å². The van der Waals surface area contributed by atoms with Gasteiger partial charge < -0.3 is 10.4 Å². The maximum absolute atomic E-state index is 13.1. The number of hydrogen-bond donors (Lipinski definition) is 2. The first-order chi connectivity index (χ1) is 9.49. The number of carbonyl (C=O) groups excluding carboxylic acids is 1. The maximum Gasteiger partial charge on any atom is 0.307 e. The summed E-state index contributed by atoms with van der Waals surface area (Å²) in [5.74, 6) is -3.17. The molecule has 108 valence electrons. The number of nitrogens with one attached hydrogen (secondary N) is 1. The summed E-state index contributed by atoms with van der Waals surface area (Å²) < 4.78 is 13.1. The summed E-state index contributed by atoms with van der Waals surface area (Å²) in [5.41, 5.74) is 0.173. The standard InChI is InChI=1S/C14H15ClFNO3/c15-11-6-5-8(16)7-12(11)17-13(18)9-3-1-2-4-10(9)14(19)20/h5-7,9-10H,1-4H2,(H,17,18)(H,19,20)/t9-,10+/m1/s1. The van der Waals surface area contributed by atoms with E-state index in [4.69, 9.17) is 16.7 Å². The molecule has 1 amide bonds. The molecule has 0 bridgehead atoms. The quantitative estimate of drug-likeness (QED) is 0.900. The van der Waals surface area contributed by atoms with Gasteiger partial charge in [-0.3, -0.25) is 9.59 Å². The molecule has 1 aliphatic rings. The minimum atomic E-state index is -0.963. The first-order valence-electron chi connectivity index (χ1n) is 6.48. The van der Waals surface area contributed by atoms with Gasteiger partial charge in [-0.1, -0.05) is 24.4 Å². The Hall–Kier alpha value is -1.62. The van der Waals surface area contributed by atoms with E-state index < -0.39 is 29.5 Å². The average Bonchev–Trinajstić information content (AvgIpc) is 2.42. The second-order valence-corrected chi connectivity index (χ2v) is 5.36. The minimum Gasteiger partial charge on any atom is -0.481 e. The van der Waals surface area contributed by atoms with Crippen molar-refractivity contribution in [2.24, 2.45) is 11.8 Å². The summed E-state index contributed by atoms with van der Waals surface area (Å²) >= 11 is 5.88. The fourth-order valence-corrected chi connectivity index (χ4v) is 2.72. The van der Waals surface area contributed by atoms with Crippen LogP contribution in [0.3, 0.4) is 0 Å². The fraction of sp³-hybridized carbons (Fsp3) is 0.429. The van der Waals surface area contributed by atoms with Crippen molar-refractivity contribution in [1.82, 2.24) is 0 Å². The highest BCUT2D eigenvalue weighted by molar-refractivity contribution is 6.33. The van der Waals surface area contributed by atoms with Crippen LogP contribution in [0.1, 0.15) is 25.7 Å². The Morgan fingerprint density at radius 2 is 1.90 bits per heavy atom. The highest BCUT2D eigenvalue weighted by atomic mass is 35.5. The third kappa shape index (κ3) is 3.28. The van der Waals surface area contributed by atoms with E-state index in [-0.39, 0.29) is 10.7 Å². The highest BCUT2D eigenvalue weighted by Gasteiger charge is 2.35. The molecular formula is C14H15ClFNO3. The maximum atomic E-state index is 13.1.